The standard InChI is InChI=1S/C15H24N4O3/c1-18-14(5-6-16-18)19-7-2-4-12(11-19)17-13(20)10-15-21-8-3-9-22-15/h5-6,12,15H,2-4,7-11H2,1H3,(H,17,20)/t12-/m1/s1. The number of ether oxygens (including phenoxy) is 2. The van der Waals surface area contributed by atoms with Gasteiger partial charge in [0.15, 0.2) is 6.29 Å². The monoisotopic (exact) mass is 308 g/mol. The third-order valence-corrected chi connectivity index (χ3v) is 4.15. The Hall–Kier alpha value is -1.60. The minimum Gasteiger partial charge on any atom is -0.355 e. The topological polar surface area (TPSA) is 68.6 Å². The van der Waals surface area contributed by atoms with Crippen LogP contribution in [0, 0.1) is 0 Å². The fourth-order valence-corrected chi connectivity index (χ4v) is 3.07. The largest absolute Gasteiger partial charge is 0.355 e. The van der Waals surface area contributed by atoms with Gasteiger partial charge in [0.1, 0.15) is 5.82 Å². The van der Waals surface area contributed by atoms with Gasteiger partial charge in [0.05, 0.1) is 25.8 Å². The van der Waals surface area contributed by atoms with Gasteiger partial charge in [-0.3, -0.25) is 9.48 Å². The Kier molecular flexibility index (Phi) is 4.94. The van der Waals surface area contributed by atoms with Gasteiger partial charge in [0, 0.05) is 32.2 Å². The van der Waals surface area contributed by atoms with Crippen molar-refractivity contribution in [3.05, 3.63) is 12.3 Å². The Morgan fingerprint density at radius 2 is 2.23 bits per heavy atom. The van der Waals surface area contributed by atoms with Crippen molar-refractivity contribution in [2.45, 2.75) is 38.0 Å². The van der Waals surface area contributed by atoms with Crippen LogP contribution in [0.5, 0.6) is 0 Å². The number of amides is 1. The number of carbonyl (C=O) groups is 1. The summed E-state index contributed by atoms with van der Waals surface area (Å²) in [5, 5.41) is 7.32. The number of hydrogen-bond donors (Lipinski definition) is 1. The molecule has 22 heavy (non-hydrogen) atoms. The van der Waals surface area contributed by atoms with Crippen molar-refractivity contribution >= 4 is 11.7 Å². The minimum atomic E-state index is -0.384. The van der Waals surface area contributed by atoms with Crippen molar-refractivity contribution in [2.75, 3.05) is 31.2 Å². The molecular weight excluding hydrogens is 284 g/mol. The highest BCUT2D eigenvalue weighted by Crippen LogP contribution is 2.19. The lowest BCUT2D eigenvalue weighted by Gasteiger charge is -2.34. The van der Waals surface area contributed by atoms with E-state index in [-0.39, 0.29) is 24.7 Å². The number of aryl methyl sites for hydroxylation is 1. The van der Waals surface area contributed by atoms with Crippen molar-refractivity contribution in [1.82, 2.24) is 15.1 Å². The average molecular weight is 308 g/mol. The van der Waals surface area contributed by atoms with Crippen LogP contribution in [0.1, 0.15) is 25.7 Å². The Balaban J connectivity index is 1.49. The Morgan fingerprint density at radius 1 is 1.41 bits per heavy atom. The first-order valence-electron chi connectivity index (χ1n) is 7.98. The van der Waals surface area contributed by atoms with E-state index in [2.05, 4.69) is 15.3 Å². The molecule has 3 rings (SSSR count). The second-order valence-electron chi connectivity index (χ2n) is 5.89. The molecule has 2 aliphatic heterocycles. The molecule has 1 aromatic rings. The molecule has 0 unspecified atom stereocenters. The van der Waals surface area contributed by atoms with E-state index in [1.807, 2.05) is 17.8 Å². The summed E-state index contributed by atoms with van der Waals surface area (Å²) in [6.45, 7) is 3.17. The van der Waals surface area contributed by atoms with Crippen molar-refractivity contribution in [2.24, 2.45) is 7.05 Å². The third-order valence-electron chi connectivity index (χ3n) is 4.15. The van der Waals surface area contributed by atoms with Gasteiger partial charge in [-0.15, -0.1) is 0 Å². The molecule has 1 aromatic heterocycles. The minimum absolute atomic E-state index is 0.00348. The van der Waals surface area contributed by atoms with Gasteiger partial charge in [-0.2, -0.15) is 5.10 Å². The molecule has 0 bridgehead atoms. The number of hydrogen-bond acceptors (Lipinski definition) is 5. The van der Waals surface area contributed by atoms with Crippen molar-refractivity contribution < 1.29 is 14.3 Å². The molecule has 3 heterocycles. The highest BCUT2D eigenvalue weighted by Gasteiger charge is 2.25. The van der Waals surface area contributed by atoms with E-state index in [0.717, 1.165) is 38.2 Å². The summed E-state index contributed by atoms with van der Waals surface area (Å²) in [7, 11) is 1.94. The summed E-state index contributed by atoms with van der Waals surface area (Å²) >= 11 is 0. The van der Waals surface area contributed by atoms with Crippen LogP contribution >= 0.6 is 0 Å². The molecule has 0 saturated carbocycles. The Labute approximate surface area is 130 Å². The van der Waals surface area contributed by atoms with Crippen molar-refractivity contribution in [3.63, 3.8) is 0 Å². The van der Waals surface area contributed by atoms with E-state index in [0.29, 0.717) is 13.2 Å². The van der Waals surface area contributed by atoms with E-state index in [1.165, 1.54) is 0 Å². The molecule has 7 nitrogen and oxygen atoms in total. The fraction of sp³-hybridized carbons (Fsp3) is 0.733. The number of carbonyl (C=O) groups excluding carboxylic acids is 1. The van der Waals surface area contributed by atoms with E-state index in [1.54, 1.807) is 6.20 Å². The van der Waals surface area contributed by atoms with Crippen molar-refractivity contribution in [1.29, 1.82) is 0 Å². The zero-order valence-electron chi connectivity index (χ0n) is 13.0. The molecule has 2 saturated heterocycles. The number of rotatable bonds is 4. The molecule has 2 aliphatic rings. The molecule has 1 amide bonds. The third kappa shape index (κ3) is 3.78. The van der Waals surface area contributed by atoms with E-state index >= 15 is 0 Å². The molecule has 2 fully saturated rings. The van der Waals surface area contributed by atoms with Crippen LogP contribution in [0.15, 0.2) is 12.3 Å². The van der Waals surface area contributed by atoms with E-state index < -0.39 is 0 Å². The molecular formula is C15H24N4O3. The van der Waals surface area contributed by atoms with Crippen LogP contribution < -0.4 is 10.2 Å². The summed E-state index contributed by atoms with van der Waals surface area (Å²) in [6, 6.07) is 2.17. The summed E-state index contributed by atoms with van der Waals surface area (Å²) in [4.78, 5) is 14.4. The number of anilines is 1. The van der Waals surface area contributed by atoms with Crippen LogP contribution in [-0.4, -0.2) is 54.3 Å². The highest BCUT2D eigenvalue weighted by atomic mass is 16.7. The molecule has 1 atom stereocenters. The Bertz CT molecular complexity index is 499. The van der Waals surface area contributed by atoms with Crippen LogP contribution in [0.3, 0.4) is 0 Å². The number of nitrogens with one attached hydrogen (secondary N) is 1. The zero-order valence-corrected chi connectivity index (χ0v) is 13.0. The van der Waals surface area contributed by atoms with Crippen LogP contribution in [0.2, 0.25) is 0 Å². The lowest BCUT2D eigenvalue weighted by Crippen LogP contribution is -2.49. The first kappa shape index (κ1) is 15.3. The molecule has 0 spiro atoms. The maximum atomic E-state index is 12.1. The maximum absolute atomic E-state index is 12.1. The Morgan fingerprint density at radius 3 is 2.95 bits per heavy atom. The molecule has 0 aliphatic carbocycles. The van der Waals surface area contributed by atoms with Gasteiger partial charge < -0.3 is 19.7 Å². The summed E-state index contributed by atoms with van der Waals surface area (Å²) < 4.78 is 12.7. The van der Waals surface area contributed by atoms with Gasteiger partial charge in [0.2, 0.25) is 5.91 Å². The average Bonchev–Trinajstić information content (AvgIpc) is 2.94. The zero-order chi connectivity index (χ0) is 15.4. The fourth-order valence-electron chi connectivity index (χ4n) is 3.07. The van der Waals surface area contributed by atoms with E-state index in [9.17, 15) is 4.79 Å². The second kappa shape index (κ2) is 7.11. The summed E-state index contributed by atoms with van der Waals surface area (Å²) in [6.07, 6.45) is 4.67. The van der Waals surface area contributed by atoms with Gasteiger partial charge in [0.25, 0.3) is 0 Å². The normalized spacial score (nSPS) is 23.5. The quantitative estimate of drug-likeness (QED) is 0.885. The lowest BCUT2D eigenvalue weighted by atomic mass is 10.1. The molecule has 7 heteroatoms. The lowest BCUT2D eigenvalue weighted by molar-refractivity contribution is -0.184. The van der Waals surface area contributed by atoms with Crippen LogP contribution in [0.4, 0.5) is 5.82 Å². The van der Waals surface area contributed by atoms with Gasteiger partial charge in [-0.25, -0.2) is 0 Å². The van der Waals surface area contributed by atoms with Gasteiger partial charge in [-0.1, -0.05) is 0 Å². The van der Waals surface area contributed by atoms with Crippen molar-refractivity contribution in [3.8, 4) is 0 Å². The maximum Gasteiger partial charge on any atom is 0.225 e. The van der Waals surface area contributed by atoms with Gasteiger partial charge >= 0.3 is 0 Å². The highest BCUT2D eigenvalue weighted by molar-refractivity contribution is 5.76. The first-order valence-corrected chi connectivity index (χ1v) is 7.98. The first-order chi connectivity index (χ1) is 10.7. The number of piperidine rings is 1. The summed E-state index contributed by atoms with van der Waals surface area (Å²) in [5.41, 5.74) is 0. The van der Waals surface area contributed by atoms with Gasteiger partial charge in [-0.05, 0) is 19.3 Å². The molecule has 1 N–H and O–H groups in total. The predicted octanol–water partition coefficient (Wildman–Crippen LogP) is 0.658. The van der Waals surface area contributed by atoms with E-state index in [4.69, 9.17) is 9.47 Å². The molecule has 0 aromatic carbocycles. The molecule has 0 radical (unpaired) electrons. The SMILES string of the molecule is Cn1nccc1N1CCC[C@@H](NC(=O)CC2OCCCO2)C1. The smallest absolute Gasteiger partial charge is 0.225 e. The summed E-state index contributed by atoms with van der Waals surface area (Å²) in [5.74, 6) is 1.10. The van der Waals surface area contributed by atoms with Crippen LogP contribution in [-0.2, 0) is 21.3 Å². The van der Waals surface area contributed by atoms with Crippen LogP contribution in [0.25, 0.3) is 0 Å². The number of aromatic nitrogens is 2. The molecule has 122 valence electrons. The second-order valence-corrected chi connectivity index (χ2v) is 5.89. The number of nitrogens with zero attached hydrogens (tertiary/aromatic N) is 3. The predicted molar refractivity (Wildman–Crippen MR) is 81.5 cm³/mol.